The molecule has 2 aromatic carbocycles. The van der Waals surface area contributed by atoms with E-state index >= 15 is 0 Å². The number of halogens is 2. The highest BCUT2D eigenvalue weighted by atomic mass is 35.5. The van der Waals surface area contributed by atoms with Crippen LogP contribution in [0.2, 0.25) is 10.0 Å². The van der Waals surface area contributed by atoms with E-state index in [1.54, 1.807) is 24.3 Å². The van der Waals surface area contributed by atoms with Crippen LogP contribution < -0.4 is 19.5 Å². The number of esters is 2. The normalized spacial score (nSPS) is 16.0. The van der Waals surface area contributed by atoms with Gasteiger partial charge in [-0.2, -0.15) is 4.73 Å². The van der Waals surface area contributed by atoms with Crippen LogP contribution in [0.3, 0.4) is 0 Å². The highest BCUT2D eigenvalue weighted by Gasteiger charge is 2.29. The number of likely N-dealkylation sites (N-methyl/N-ethyl adjacent to an activating group) is 1. The predicted molar refractivity (Wildman–Crippen MR) is 179 cm³/mol. The number of hydrogen-bond acceptors (Lipinski definition) is 10. The van der Waals surface area contributed by atoms with Crippen molar-refractivity contribution in [2.75, 3.05) is 34.4 Å². The van der Waals surface area contributed by atoms with Crippen molar-refractivity contribution >= 4 is 46.5 Å². The molecule has 2 aromatic heterocycles. The summed E-state index contributed by atoms with van der Waals surface area (Å²) in [5, 5.41) is 15.4. The summed E-state index contributed by atoms with van der Waals surface area (Å²) in [5.41, 5.74) is 1.85. The summed E-state index contributed by atoms with van der Waals surface area (Å²) in [7, 11) is 5.04. The number of ether oxygens (including phenoxy) is 4. The molecule has 1 N–H and O–H groups in total. The van der Waals surface area contributed by atoms with E-state index in [-0.39, 0.29) is 28.5 Å². The maximum Gasteiger partial charge on any atom is 0.348 e. The highest BCUT2D eigenvalue weighted by molar-refractivity contribution is 7.13. The molecule has 0 aliphatic carbocycles. The van der Waals surface area contributed by atoms with Crippen LogP contribution in [0.5, 0.6) is 11.5 Å². The zero-order chi connectivity index (χ0) is 33.5. The molecule has 10 nitrogen and oxygen atoms in total. The van der Waals surface area contributed by atoms with Gasteiger partial charge in [-0.3, -0.25) is 5.32 Å². The Morgan fingerprint density at radius 2 is 1.74 bits per heavy atom. The Morgan fingerprint density at radius 1 is 1.02 bits per heavy atom. The van der Waals surface area contributed by atoms with Crippen LogP contribution in [0.25, 0.3) is 0 Å². The van der Waals surface area contributed by atoms with Gasteiger partial charge in [0.2, 0.25) is 0 Å². The zero-order valence-corrected chi connectivity index (χ0v) is 28.4. The van der Waals surface area contributed by atoms with Crippen molar-refractivity contribution in [3.8, 4) is 11.5 Å². The number of nitrogens with zero attached hydrogens (tertiary/aromatic N) is 2. The Kier molecular flexibility index (Phi) is 11.6. The first kappa shape index (κ1) is 34.5. The van der Waals surface area contributed by atoms with Crippen LogP contribution in [0.15, 0.2) is 73.1 Å². The molecular weight excluding hydrogens is 665 g/mol. The Labute approximate surface area is 287 Å². The van der Waals surface area contributed by atoms with Crippen LogP contribution >= 0.6 is 34.5 Å². The summed E-state index contributed by atoms with van der Waals surface area (Å²) in [6, 6.07) is 17.4. The number of aromatic nitrogens is 1. The second-order valence-corrected chi connectivity index (χ2v) is 13.1. The fraction of sp³-hybridized carbons (Fsp3) is 0.324. The van der Waals surface area contributed by atoms with Crippen molar-refractivity contribution in [2.45, 2.75) is 37.6 Å². The lowest BCUT2D eigenvalue weighted by Crippen LogP contribution is -2.33. The number of nitrogens with one attached hydrogen (secondary N) is 1. The van der Waals surface area contributed by atoms with Crippen LogP contribution in [0, 0.1) is 5.21 Å². The van der Waals surface area contributed by atoms with E-state index in [1.165, 1.54) is 38.0 Å². The van der Waals surface area contributed by atoms with Crippen molar-refractivity contribution in [1.29, 1.82) is 0 Å². The molecule has 1 saturated heterocycles. The van der Waals surface area contributed by atoms with Crippen LogP contribution in [0.4, 0.5) is 0 Å². The van der Waals surface area contributed by atoms with E-state index in [0.29, 0.717) is 45.3 Å². The Morgan fingerprint density at radius 3 is 2.40 bits per heavy atom. The topological polar surface area (TPSA) is 113 Å². The Hall–Kier alpha value is -3.87. The molecule has 0 amide bonds. The van der Waals surface area contributed by atoms with Gasteiger partial charge in [-0.1, -0.05) is 59.6 Å². The fourth-order valence-corrected chi connectivity index (χ4v) is 6.81. The molecule has 0 spiro atoms. The molecule has 248 valence electrons. The molecule has 1 aliphatic rings. The predicted octanol–water partition coefficient (Wildman–Crippen LogP) is 5.92. The summed E-state index contributed by atoms with van der Waals surface area (Å²) >= 11 is 14.0. The third kappa shape index (κ3) is 8.74. The van der Waals surface area contributed by atoms with Gasteiger partial charge in [-0.15, -0.1) is 11.3 Å². The van der Waals surface area contributed by atoms with Gasteiger partial charge in [0.15, 0.2) is 23.9 Å². The second-order valence-electron chi connectivity index (χ2n) is 11.1. The van der Waals surface area contributed by atoms with Gasteiger partial charge >= 0.3 is 11.9 Å². The lowest BCUT2D eigenvalue weighted by Gasteiger charge is -2.21. The minimum atomic E-state index is -0.838. The smallest absolute Gasteiger partial charge is 0.348 e. The third-order valence-electron chi connectivity index (χ3n) is 7.82. The monoisotopic (exact) mass is 699 g/mol. The van der Waals surface area contributed by atoms with Crippen LogP contribution in [0.1, 0.15) is 49.8 Å². The molecule has 47 heavy (non-hydrogen) atoms. The van der Waals surface area contributed by atoms with Gasteiger partial charge in [0.05, 0.1) is 14.2 Å². The zero-order valence-electron chi connectivity index (χ0n) is 26.1. The van der Waals surface area contributed by atoms with Crippen molar-refractivity contribution in [1.82, 2.24) is 10.2 Å². The molecular formula is C34H35Cl2N3O7S. The molecule has 4 aromatic rings. The summed E-state index contributed by atoms with van der Waals surface area (Å²) in [6.07, 6.45) is 2.29. The summed E-state index contributed by atoms with van der Waals surface area (Å²) in [6.45, 7) is 1.91. The van der Waals surface area contributed by atoms with Crippen LogP contribution in [-0.2, 0) is 27.2 Å². The number of carbonyl (C=O) groups is 2. The molecule has 5 rings (SSSR count). The van der Waals surface area contributed by atoms with E-state index in [9.17, 15) is 14.8 Å². The standard InChI is InChI=1S/C34H35Cl2N3O7S/c1-38-14-13-23(18-38)45-34(41)32(21-7-5-4-6-8-21)37-17-24-10-12-31(47-24)33(40)46-29(16-25-26(35)19-39(42)20-27(25)36)22-9-11-28(43-2)30(15-22)44-3/h4-12,15,19-20,23,29,32,37H,13-14,16-18H2,1-3H3/t23-,29-,32?/m0/s1. The molecule has 1 aliphatic heterocycles. The number of likely N-dealkylation sites (tertiary alicyclic amines) is 1. The molecule has 3 atom stereocenters. The van der Waals surface area contributed by atoms with E-state index in [4.69, 9.17) is 42.1 Å². The van der Waals surface area contributed by atoms with Crippen molar-refractivity contribution in [2.24, 2.45) is 0 Å². The number of benzene rings is 2. The van der Waals surface area contributed by atoms with Gasteiger partial charge < -0.3 is 29.1 Å². The SMILES string of the molecule is COc1ccc([C@H](Cc2c(Cl)c[n+]([O-])cc2Cl)OC(=O)c2ccc(CNC(C(=O)O[C@H]3CCN(C)C3)c3ccccc3)s2)cc1OC. The molecule has 0 radical (unpaired) electrons. The van der Waals surface area contributed by atoms with Gasteiger partial charge in [0.25, 0.3) is 0 Å². The quantitative estimate of drug-likeness (QED) is 0.103. The minimum absolute atomic E-state index is 0.0944. The summed E-state index contributed by atoms with van der Waals surface area (Å²) < 4.78 is 23.2. The number of hydrogen-bond donors (Lipinski definition) is 1. The van der Waals surface area contributed by atoms with Gasteiger partial charge in [-0.05, 0) is 48.9 Å². The number of carbonyl (C=O) groups excluding carboxylic acids is 2. The number of methoxy groups -OCH3 is 2. The van der Waals surface area contributed by atoms with E-state index in [0.717, 1.165) is 23.4 Å². The van der Waals surface area contributed by atoms with E-state index in [1.807, 2.05) is 43.4 Å². The van der Waals surface area contributed by atoms with Crippen molar-refractivity contribution in [3.63, 3.8) is 0 Å². The van der Waals surface area contributed by atoms with Crippen molar-refractivity contribution in [3.05, 3.63) is 115 Å². The number of rotatable bonds is 13. The van der Waals surface area contributed by atoms with E-state index < -0.39 is 18.1 Å². The lowest BCUT2D eigenvalue weighted by atomic mass is 10.0. The van der Waals surface area contributed by atoms with Crippen molar-refractivity contribution < 1.29 is 33.3 Å². The number of pyridine rings is 1. The Balaban J connectivity index is 1.32. The van der Waals surface area contributed by atoms with Gasteiger partial charge in [0, 0.05) is 36.5 Å². The minimum Gasteiger partial charge on any atom is -0.619 e. The maximum atomic E-state index is 13.5. The highest BCUT2D eigenvalue weighted by Crippen LogP contribution is 2.36. The maximum absolute atomic E-state index is 13.5. The van der Waals surface area contributed by atoms with Gasteiger partial charge in [-0.25, -0.2) is 9.59 Å². The first-order valence-corrected chi connectivity index (χ1v) is 16.5. The third-order valence-corrected chi connectivity index (χ3v) is 9.54. The molecule has 1 fully saturated rings. The fourth-order valence-electron chi connectivity index (χ4n) is 5.37. The largest absolute Gasteiger partial charge is 0.619 e. The molecule has 0 bridgehead atoms. The average Bonchev–Trinajstić information content (AvgIpc) is 3.71. The van der Waals surface area contributed by atoms with Crippen LogP contribution in [-0.4, -0.2) is 57.3 Å². The van der Waals surface area contributed by atoms with Gasteiger partial charge in [0.1, 0.15) is 33.2 Å². The number of thiophene rings is 1. The summed E-state index contributed by atoms with van der Waals surface area (Å²) in [4.78, 5) is 30.1. The molecule has 1 unspecified atom stereocenters. The molecule has 3 heterocycles. The first-order chi connectivity index (χ1) is 22.6. The van der Waals surface area contributed by atoms with E-state index in [2.05, 4.69) is 10.2 Å². The average molecular weight is 701 g/mol. The Bertz CT molecular complexity index is 1680. The second kappa shape index (κ2) is 15.8. The first-order valence-electron chi connectivity index (χ1n) is 14.9. The molecule has 13 heteroatoms. The summed E-state index contributed by atoms with van der Waals surface area (Å²) in [5.74, 6) is 0.0523. The lowest BCUT2D eigenvalue weighted by molar-refractivity contribution is -0.605. The molecule has 0 saturated carbocycles.